The van der Waals surface area contributed by atoms with Crippen molar-refractivity contribution >= 4 is 28.3 Å². The summed E-state index contributed by atoms with van der Waals surface area (Å²) in [5.41, 5.74) is 3.40. The molecule has 4 aromatic rings. The van der Waals surface area contributed by atoms with E-state index in [4.69, 9.17) is 4.74 Å². The topological polar surface area (TPSA) is 93.2 Å². The van der Waals surface area contributed by atoms with Crippen LogP contribution in [0.4, 0.5) is 5.13 Å². The number of carbonyl (C=O) groups excluding carboxylic acids is 2. The number of hydrogen-bond donors (Lipinski definition) is 2. The molecule has 0 saturated heterocycles. The number of carbonyl (C=O) groups is 2. The standard InChI is InChI=1S/C26H24N4O3S/c1-17-11-13-19(14-12-17)25-29-30-26(34-25)28-24(32)22(15-18-7-4-3-5-8-18)27-23(31)20-9-6-10-21(16-20)33-2/h3-14,16,22H,15H2,1-2H3,(H,27,31)(H,28,30,32). The van der Waals surface area contributed by atoms with Crippen LogP contribution in [0.3, 0.4) is 0 Å². The number of nitrogens with one attached hydrogen (secondary N) is 2. The number of nitrogens with zero attached hydrogens (tertiary/aromatic N) is 2. The number of amides is 2. The molecule has 0 aliphatic heterocycles. The van der Waals surface area contributed by atoms with Crippen LogP contribution < -0.4 is 15.4 Å². The Morgan fingerprint density at radius 1 is 0.971 bits per heavy atom. The summed E-state index contributed by atoms with van der Waals surface area (Å²) in [6.07, 6.45) is 0.325. The Kier molecular flexibility index (Phi) is 7.29. The lowest BCUT2D eigenvalue weighted by Gasteiger charge is -2.18. The first-order valence-electron chi connectivity index (χ1n) is 10.7. The van der Waals surface area contributed by atoms with Crippen molar-refractivity contribution in [1.82, 2.24) is 15.5 Å². The number of aromatic nitrogens is 2. The number of methoxy groups -OCH3 is 1. The molecule has 0 saturated carbocycles. The Morgan fingerprint density at radius 3 is 2.47 bits per heavy atom. The smallest absolute Gasteiger partial charge is 0.252 e. The molecule has 8 heteroatoms. The van der Waals surface area contributed by atoms with Crippen molar-refractivity contribution in [2.75, 3.05) is 12.4 Å². The van der Waals surface area contributed by atoms with Crippen molar-refractivity contribution in [3.63, 3.8) is 0 Å². The molecular weight excluding hydrogens is 448 g/mol. The normalized spacial score (nSPS) is 11.5. The third-order valence-electron chi connectivity index (χ3n) is 5.19. The summed E-state index contributed by atoms with van der Waals surface area (Å²) in [5, 5.41) is 15.0. The Bertz CT molecular complexity index is 1270. The molecule has 0 radical (unpaired) electrons. The van der Waals surface area contributed by atoms with Crippen LogP contribution in [0.5, 0.6) is 5.75 Å². The van der Waals surface area contributed by atoms with E-state index in [9.17, 15) is 9.59 Å². The van der Waals surface area contributed by atoms with Crippen LogP contribution in [-0.2, 0) is 11.2 Å². The van der Waals surface area contributed by atoms with Crippen LogP contribution >= 0.6 is 11.3 Å². The van der Waals surface area contributed by atoms with E-state index in [1.807, 2.05) is 61.5 Å². The molecule has 1 unspecified atom stereocenters. The van der Waals surface area contributed by atoms with E-state index in [2.05, 4.69) is 20.8 Å². The highest BCUT2D eigenvalue weighted by molar-refractivity contribution is 7.18. The molecule has 0 spiro atoms. The summed E-state index contributed by atoms with van der Waals surface area (Å²) < 4.78 is 5.20. The fourth-order valence-corrected chi connectivity index (χ4v) is 4.10. The van der Waals surface area contributed by atoms with Gasteiger partial charge in [0.25, 0.3) is 5.91 Å². The first-order valence-corrected chi connectivity index (χ1v) is 11.5. The zero-order valence-electron chi connectivity index (χ0n) is 18.8. The van der Waals surface area contributed by atoms with E-state index in [1.54, 1.807) is 24.3 Å². The van der Waals surface area contributed by atoms with Crippen LogP contribution in [0.25, 0.3) is 10.6 Å². The van der Waals surface area contributed by atoms with Gasteiger partial charge in [-0.05, 0) is 30.7 Å². The maximum atomic E-state index is 13.2. The van der Waals surface area contributed by atoms with Gasteiger partial charge in [0.1, 0.15) is 16.8 Å². The fourth-order valence-electron chi connectivity index (χ4n) is 3.34. The number of aryl methyl sites for hydroxylation is 1. The third kappa shape index (κ3) is 5.85. The highest BCUT2D eigenvalue weighted by atomic mass is 32.1. The largest absolute Gasteiger partial charge is 0.497 e. The molecule has 34 heavy (non-hydrogen) atoms. The highest BCUT2D eigenvalue weighted by Gasteiger charge is 2.23. The number of benzene rings is 3. The number of anilines is 1. The molecule has 0 aliphatic rings. The lowest BCUT2D eigenvalue weighted by molar-refractivity contribution is -0.118. The zero-order chi connectivity index (χ0) is 23.9. The van der Waals surface area contributed by atoms with Gasteiger partial charge in [-0.3, -0.25) is 14.9 Å². The van der Waals surface area contributed by atoms with Crippen molar-refractivity contribution in [3.8, 4) is 16.3 Å². The Balaban J connectivity index is 1.51. The Hall–Kier alpha value is -4.04. The molecule has 1 aromatic heterocycles. The second-order valence-corrected chi connectivity index (χ2v) is 8.69. The van der Waals surface area contributed by atoms with E-state index in [0.29, 0.717) is 27.9 Å². The van der Waals surface area contributed by atoms with Crippen LogP contribution in [0.1, 0.15) is 21.5 Å². The monoisotopic (exact) mass is 472 g/mol. The summed E-state index contributed by atoms with van der Waals surface area (Å²) in [7, 11) is 1.54. The molecule has 4 rings (SSSR count). The summed E-state index contributed by atoms with van der Waals surface area (Å²) in [5.74, 6) is -0.173. The van der Waals surface area contributed by atoms with Crippen LogP contribution in [0, 0.1) is 6.92 Å². The van der Waals surface area contributed by atoms with E-state index in [-0.39, 0.29) is 11.8 Å². The van der Waals surface area contributed by atoms with Crippen LogP contribution in [-0.4, -0.2) is 35.2 Å². The van der Waals surface area contributed by atoms with Gasteiger partial charge in [0.2, 0.25) is 11.0 Å². The summed E-state index contributed by atoms with van der Waals surface area (Å²) in [6, 6.07) is 23.4. The van der Waals surface area contributed by atoms with Crippen molar-refractivity contribution in [1.29, 1.82) is 0 Å². The number of hydrogen-bond acceptors (Lipinski definition) is 6. The van der Waals surface area contributed by atoms with Crippen molar-refractivity contribution in [2.45, 2.75) is 19.4 Å². The van der Waals surface area contributed by atoms with E-state index < -0.39 is 6.04 Å². The highest BCUT2D eigenvalue weighted by Crippen LogP contribution is 2.26. The first kappa shape index (κ1) is 23.1. The SMILES string of the molecule is COc1cccc(C(=O)NC(Cc2ccccc2)C(=O)Nc2nnc(-c3ccc(C)cc3)s2)c1. The molecule has 2 N–H and O–H groups in total. The van der Waals surface area contributed by atoms with Gasteiger partial charge in [-0.25, -0.2) is 0 Å². The quantitative estimate of drug-likeness (QED) is 0.394. The first-order chi connectivity index (χ1) is 16.5. The molecule has 172 valence electrons. The molecule has 0 fully saturated rings. The minimum absolute atomic E-state index is 0.325. The van der Waals surface area contributed by atoms with Gasteiger partial charge in [-0.15, -0.1) is 10.2 Å². The molecule has 7 nitrogen and oxygen atoms in total. The Labute approximate surface area is 201 Å². The third-order valence-corrected chi connectivity index (χ3v) is 6.08. The summed E-state index contributed by atoms with van der Waals surface area (Å²) >= 11 is 1.28. The molecule has 1 atom stereocenters. The lowest BCUT2D eigenvalue weighted by Crippen LogP contribution is -2.45. The van der Waals surface area contributed by atoms with Gasteiger partial charge >= 0.3 is 0 Å². The number of rotatable bonds is 8. The fraction of sp³-hybridized carbons (Fsp3) is 0.154. The van der Waals surface area contributed by atoms with Gasteiger partial charge in [0, 0.05) is 17.5 Å². The average Bonchev–Trinajstić information content (AvgIpc) is 3.33. The summed E-state index contributed by atoms with van der Waals surface area (Å²) in [6.45, 7) is 2.02. The van der Waals surface area contributed by atoms with E-state index >= 15 is 0 Å². The Morgan fingerprint density at radius 2 is 1.74 bits per heavy atom. The predicted octanol–water partition coefficient (Wildman–Crippen LogP) is 4.50. The molecule has 1 heterocycles. The van der Waals surface area contributed by atoms with E-state index in [0.717, 1.165) is 16.7 Å². The van der Waals surface area contributed by atoms with Crippen LogP contribution in [0.15, 0.2) is 78.9 Å². The van der Waals surface area contributed by atoms with Gasteiger partial charge < -0.3 is 10.1 Å². The van der Waals surface area contributed by atoms with E-state index in [1.165, 1.54) is 18.4 Å². The van der Waals surface area contributed by atoms with Gasteiger partial charge in [0.15, 0.2) is 0 Å². The molecular formula is C26H24N4O3S. The van der Waals surface area contributed by atoms with Gasteiger partial charge in [0.05, 0.1) is 7.11 Å². The maximum Gasteiger partial charge on any atom is 0.252 e. The predicted molar refractivity (Wildman–Crippen MR) is 133 cm³/mol. The zero-order valence-corrected chi connectivity index (χ0v) is 19.6. The van der Waals surface area contributed by atoms with Crippen molar-refractivity contribution in [2.24, 2.45) is 0 Å². The molecule has 0 bridgehead atoms. The van der Waals surface area contributed by atoms with Crippen molar-refractivity contribution < 1.29 is 14.3 Å². The second kappa shape index (κ2) is 10.7. The van der Waals surface area contributed by atoms with Gasteiger partial charge in [-0.2, -0.15) is 0 Å². The lowest BCUT2D eigenvalue weighted by atomic mass is 10.0. The average molecular weight is 473 g/mol. The molecule has 0 aliphatic carbocycles. The molecule has 2 amide bonds. The van der Waals surface area contributed by atoms with Crippen molar-refractivity contribution in [3.05, 3.63) is 95.6 Å². The van der Waals surface area contributed by atoms with Crippen LogP contribution in [0.2, 0.25) is 0 Å². The maximum absolute atomic E-state index is 13.2. The second-order valence-electron chi connectivity index (χ2n) is 7.72. The minimum Gasteiger partial charge on any atom is -0.497 e. The van der Waals surface area contributed by atoms with Gasteiger partial charge in [-0.1, -0.05) is 77.6 Å². The molecule has 3 aromatic carbocycles. The number of ether oxygens (including phenoxy) is 1. The summed E-state index contributed by atoms with van der Waals surface area (Å²) in [4.78, 5) is 26.1. The minimum atomic E-state index is -0.812.